The second-order valence-corrected chi connectivity index (χ2v) is 11.6. The molecule has 1 N–H and O–H groups in total. The van der Waals surface area contributed by atoms with E-state index in [4.69, 9.17) is 21.1 Å². The zero-order chi connectivity index (χ0) is 33.9. The second kappa shape index (κ2) is 13.8. The zero-order valence-corrected chi connectivity index (χ0v) is 26.4. The van der Waals surface area contributed by atoms with Crippen molar-refractivity contribution in [3.63, 3.8) is 0 Å². The third-order valence-corrected chi connectivity index (χ3v) is 8.12. The minimum atomic E-state index is -1.07. The van der Waals surface area contributed by atoms with Crippen LogP contribution in [0, 0.1) is 23.5 Å². The summed E-state index contributed by atoms with van der Waals surface area (Å²) in [7, 11) is 0. The Balaban J connectivity index is 1.06. The van der Waals surface area contributed by atoms with E-state index < -0.39 is 17.6 Å². The number of aromatic carboxylic acids is 1. The number of imidazole rings is 1. The highest BCUT2D eigenvalue weighted by atomic mass is 35.5. The van der Waals surface area contributed by atoms with Gasteiger partial charge in [0.05, 0.1) is 40.4 Å². The Labute approximate surface area is 283 Å². The number of halogens is 3. The molecule has 0 aliphatic carbocycles. The summed E-state index contributed by atoms with van der Waals surface area (Å²) < 4.78 is 44.3. The van der Waals surface area contributed by atoms with E-state index in [-0.39, 0.29) is 52.8 Å². The number of ether oxygens (including phenoxy) is 2. The Hall–Kier alpha value is -5.77. The molecule has 0 radical (unpaired) electrons. The molecular weight excluding hydrogens is 654 g/mol. The van der Waals surface area contributed by atoms with Gasteiger partial charge in [-0.3, -0.25) is 0 Å². The number of rotatable bonds is 9. The van der Waals surface area contributed by atoms with Gasteiger partial charge in [-0.25, -0.2) is 33.5 Å². The first-order chi connectivity index (χ1) is 23.8. The van der Waals surface area contributed by atoms with Crippen LogP contribution in [0.2, 0.25) is 5.28 Å². The lowest BCUT2D eigenvalue weighted by Gasteiger charge is -2.27. The molecule has 1 atom stereocenters. The van der Waals surface area contributed by atoms with Gasteiger partial charge in [0, 0.05) is 43.2 Å². The first-order valence-corrected chi connectivity index (χ1v) is 15.5. The summed E-state index contributed by atoms with van der Waals surface area (Å²) in [5.74, 6) is 4.17. The number of fused-ring (bicyclic) bond motifs is 1. The van der Waals surface area contributed by atoms with E-state index in [1.807, 2.05) is 28.8 Å². The van der Waals surface area contributed by atoms with Crippen LogP contribution >= 0.6 is 11.6 Å². The van der Waals surface area contributed by atoms with Gasteiger partial charge in [-0.05, 0) is 71.6 Å². The molecule has 0 saturated carbocycles. The van der Waals surface area contributed by atoms with Crippen LogP contribution in [0.25, 0.3) is 22.4 Å². The van der Waals surface area contributed by atoms with E-state index in [2.05, 4.69) is 36.8 Å². The molecule has 3 aromatic heterocycles. The van der Waals surface area contributed by atoms with Crippen molar-refractivity contribution in [2.75, 3.05) is 6.61 Å². The van der Waals surface area contributed by atoms with Gasteiger partial charge in [-0.15, -0.1) is 0 Å². The molecule has 0 unspecified atom stereocenters. The smallest absolute Gasteiger partial charge is 0.335 e. The van der Waals surface area contributed by atoms with Gasteiger partial charge in [0.25, 0.3) is 0 Å². The van der Waals surface area contributed by atoms with Gasteiger partial charge in [0.15, 0.2) is 5.82 Å². The maximum absolute atomic E-state index is 15.6. The highest BCUT2D eigenvalue weighted by Crippen LogP contribution is 2.28. The summed E-state index contributed by atoms with van der Waals surface area (Å²) in [5.41, 5.74) is 3.45. The summed E-state index contributed by atoms with van der Waals surface area (Å²) in [4.78, 5) is 32.5. The average molecular weight is 679 g/mol. The molecule has 6 aromatic rings. The molecule has 244 valence electrons. The van der Waals surface area contributed by atoms with E-state index in [9.17, 15) is 9.90 Å². The van der Waals surface area contributed by atoms with E-state index in [1.54, 1.807) is 18.5 Å². The summed E-state index contributed by atoms with van der Waals surface area (Å²) in [6, 6.07) is 15.7. The van der Waals surface area contributed by atoms with E-state index in [0.717, 1.165) is 29.7 Å². The van der Waals surface area contributed by atoms with Crippen molar-refractivity contribution in [2.24, 2.45) is 0 Å². The van der Waals surface area contributed by atoms with Gasteiger partial charge in [-0.2, -0.15) is 4.98 Å². The highest BCUT2D eigenvalue weighted by Gasteiger charge is 2.24. The zero-order valence-electron chi connectivity index (χ0n) is 25.6. The number of nitrogens with zero attached hydrogens (tertiary/aromatic N) is 6. The second-order valence-electron chi connectivity index (χ2n) is 11.2. The van der Waals surface area contributed by atoms with Crippen molar-refractivity contribution in [3.05, 3.63) is 130 Å². The summed E-state index contributed by atoms with van der Waals surface area (Å²) in [6.45, 7) is 1.22. The minimum absolute atomic E-state index is 0.0310. The van der Waals surface area contributed by atoms with E-state index in [0.29, 0.717) is 35.6 Å². The molecule has 4 heterocycles. The first kappa shape index (κ1) is 31.8. The molecule has 0 bridgehead atoms. The van der Waals surface area contributed by atoms with E-state index >= 15 is 8.78 Å². The molecule has 13 heteroatoms. The monoisotopic (exact) mass is 678 g/mol. The molecular formula is C36H25ClF2N6O4. The Morgan fingerprint density at radius 2 is 1.76 bits per heavy atom. The predicted octanol–water partition coefficient (Wildman–Crippen LogP) is 6.27. The Kier molecular flexibility index (Phi) is 8.93. The normalized spacial score (nSPS) is 13.8. The molecule has 1 saturated heterocycles. The molecule has 0 amide bonds. The molecule has 1 fully saturated rings. The van der Waals surface area contributed by atoms with Crippen LogP contribution in [0.1, 0.15) is 44.9 Å². The average Bonchev–Trinajstić information content (AvgIpc) is 3.43. The number of hydrogen-bond donors (Lipinski definition) is 1. The third-order valence-electron chi connectivity index (χ3n) is 7.92. The van der Waals surface area contributed by atoms with Crippen LogP contribution in [0.15, 0.2) is 79.3 Å². The van der Waals surface area contributed by atoms with Crippen molar-refractivity contribution < 1.29 is 28.2 Å². The molecule has 10 nitrogen and oxygen atoms in total. The standard InChI is InChI=1S/C36H25ClF2N6O4/c37-36-41-17-23(18-42-36)6-3-21-1-4-22(5-2-21)20-49-33-9-11-40-34(44-33)27-16-28(38)25(13-29(27)39)15-32-43-30-8-7-24(35(46)47)14-31(30)45(32)19-26-10-12-48-26/h1-2,4-5,7-9,11,13-14,16-18,26H,10,12,15,19-20H2,(H,46,47)/t26-/m0/s1. The quantitative estimate of drug-likeness (QED) is 0.139. The third kappa shape index (κ3) is 7.23. The van der Waals surface area contributed by atoms with Crippen LogP contribution in [0.5, 0.6) is 5.88 Å². The fourth-order valence-corrected chi connectivity index (χ4v) is 5.35. The van der Waals surface area contributed by atoms with Crippen molar-refractivity contribution >= 4 is 28.6 Å². The van der Waals surface area contributed by atoms with Crippen LogP contribution in [0.4, 0.5) is 8.78 Å². The Morgan fingerprint density at radius 3 is 2.49 bits per heavy atom. The van der Waals surface area contributed by atoms with Gasteiger partial charge in [-0.1, -0.05) is 24.0 Å². The van der Waals surface area contributed by atoms with Crippen LogP contribution in [-0.2, 0) is 24.3 Å². The highest BCUT2D eigenvalue weighted by molar-refractivity contribution is 6.28. The summed E-state index contributed by atoms with van der Waals surface area (Å²) >= 11 is 5.71. The number of carboxylic acids is 1. The fraction of sp³-hybridized carbons (Fsp3) is 0.167. The number of hydrogen-bond acceptors (Lipinski definition) is 8. The summed E-state index contributed by atoms with van der Waals surface area (Å²) in [5, 5.41) is 9.65. The molecule has 1 aliphatic rings. The fourth-order valence-electron chi connectivity index (χ4n) is 5.26. The Bertz CT molecular complexity index is 2250. The number of carbonyl (C=O) groups is 1. The largest absolute Gasteiger partial charge is 0.478 e. The minimum Gasteiger partial charge on any atom is -0.478 e. The van der Waals surface area contributed by atoms with Crippen molar-refractivity contribution in [1.82, 2.24) is 29.5 Å². The molecule has 1 aliphatic heterocycles. The lowest BCUT2D eigenvalue weighted by atomic mass is 10.1. The van der Waals surface area contributed by atoms with Crippen molar-refractivity contribution in [1.29, 1.82) is 0 Å². The van der Waals surface area contributed by atoms with E-state index in [1.165, 1.54) is 24.4 Å². The number of aromatic nitrogens is 6. The maximum Gasteiger partial charge on any atom is 0.335 e. The lowest BCUT2D eigenvalue weighted by molar-refractivity contribution is -0.0589. The van der Waals surface area contributed by atoms with Crippen LogP contribution < -0.4 is 4.74 Å². The van der Waals surface area contributed by atoms with Crippen molar-refractivity contribution in [2.45, 2.75) is 32.1 Å². The van der Waals surface area contributed by atoms with Crippen LogP contribution in [0.3, 0.4) is 0 Å². The topological polar surface area (TPSA) is 125 Å². The molecule has 7 rings (SSSR count). The van der Waals surface area contributed by atoms with Crippen molar-refractivity contribution in [3.8, 4) is 29.1 Å². The molecule has 0 spiro atoms. The summed E-state index contributed by atoms with van der Waals surface area (Å²) in [6.07, 6.45) is 5.23. The lowest BCUT2D eigenvalue weighted by Crippen LogP contribution is -2.31. The van der Waals surface area contributed by atoms with Gasteiger partial charge in [0.2, 0.25) is 11.2 Å². The van der Waals surface area contributed by atoms with Crippen LogP contribution in [-0.4, -0.2) is 53.3 Å². The Morgan fingerprint density at radius 1 is 0.980 bits per heavy atom. The maximum atomic E-state index is 15.6. The predicted molar refractivity (Wildman–Crippen MR) is 175 cm³/mol. The number of benzene rings is 3. The van der Waals surface area contributed by atoms with Gasteiger partial charge < -0.3 is 19.1 Å². The SMILES string of the molecule is O=C(O)c1ccc2nc(Cc3cc(F)c(-c4nccc(OCc5ccc(C#Cc6cnc(Cl)nc6)cc5)n4)cc3F)n(C[C@@H]3CCO3)c2c1. The first-order valence-electron chi connectivity index (χ1n) is 15.2. The van der Waals surface area contributed by atoms with Gasteiger partial charge >= 0.3 is 5.97 Å². The number of carboxylic acid groups (broad SMARTS) is 1. The van der Waals surface area contributed by atoms with Gasteiger partial charge in [0.1, 0.15) is 24.1 Å². The molecule has 49 heavy (non-hydrogen) atoms. The molecule has 3 aromatic carbocycles.